The molecule has 1 unspecified atom stereocenters. The van der Waals surface area contributed by atoms with Gasteiger partial charge in [-0.2, -0.15) is 0 Å². The number of amides is 1. The van der Waals surface area contributed by atoms with Gasteiger partial charge in [-0.15, -0.1) is 0 Å². The number of rotatable bonds is 4. The fraction of sp³-hybridized carbons (Fsp3) is 0.222. The summed E-state index contributed by atoms with van der Waals surface area (Å²) in [6, 6.07) is 11.2. The van der Waals surface area contributed by atoms with E-state index >= 15 is 0 Å². The summed E-state index contributed by atoms with van der Waals surface area (Å²) < 4.78 is 19.4. The number of aromatic nitrogens is 1. The predicted octanol–water partition coefficient (Wildman–Crippen LogP) is 3.40. The Morgan fingerprint density at radius 1 is 1.25 bits per heavy atom. The van der Waals surface area contributed by atoms with Crippen molar-refractivity contribution >= 4 is 22.7 Å². The van der Waals surface area contributed by atoms with Crippen LogP contribution in [0.15, 0.2) is 51.7 Å². The number of nitrogens with one attached hydrogen (secondary N) is 1. The number of halogens is 1. The second-order valence-electron chi connectivity index (χ2n) is 5.81. The van der Waals surface area contributed by atoms with Crippen LogP contribution in [0.1, 0.15) is 24.8 Å². The van der Waals surface area contributed by atoms with Crippen molar-refractivity contribution in [2.24, 2.45) is 7.05 Å². The number of carbonyl (C=O) groups is 1. The lowest BCUT2D eigenvalue weighted by Crippen LogP contribution is -2.14. The molecule has 124 valence electrons. The van der Waals surface area contributed by atoms with Gasteiger partial charge in [0.05, 0.1) is 5.52 Å². The van der Waals surface area contributed by atoms with E-state index in [0.717, 1.165) is 5.56 Å². The fourth-order valence-corrected chi connectivity index (χ4v) is 2.60. The lowest BCUT2D eigenvalue weighted by molar-refractivity contribution is -0.116. The van der Waals surface area contributed by atoms with Gasteiger partial charge < -0.3 is 9.73 Å². The lowest BCUT2D eigenvalue weighted by Gasteiger charge is -2.12. The summed E-state index contributed by atoms with van der Waals surface area (Å²) in [5.41, 5.74) is 2.58. The number of hydrogen-bond donors (Lipinski definition) is 1. The zero-order valence-corrected chi connectivity index (χ0v) is 13.4. The maximum absolute atomic E-state index is 13.0. The molecule has 6 heteroatoms. The largest absolute Gasteiger partial charge is 0.419 e. The van der Waals surface area contributed by atoms with E-state index in [9.17, 15) is 14.0 Å². The van der Waals surface area contributed by atoms with Crippen LogP contribution < -0.4 is 11.1 Å². The van der Waals surface area contributed by atoms with E-state index in [1.165, 1.54) is 16.7 Å². The van der Waals surface area contributed by atoms with Crippen LogP contribution in [0, 0.1) is 5.82 Å². The number of fused-ring (bicyclic) bond motifs is 1. The maximum atomic E-state index is 13.0. The summed E-state index contributed by atoms with van der Waals surface area (Å²) in [7, 11) is 1.61. The lowest BCUT2D eigenvalue weighted by atomic mass is 9.97. The first-order valence-corrected chi connectivity index (χ1v) is 7.59. The van der Waals surface area contributed by atoms with Gasteiger partial charge in [0.15, 0.2) is 5.58 Å². The number of aryl methyl sites for hydroxylation is 1. The molecule has 0 aliphatic heterocycles. The number of carbonyl (C=O) groups excluding carboxylic acids is 1. The zero-order chi connectivity index (χ0) is 17.3. The average molecular weight is 328 g/mol. The molecule has 0 saturated carbocycles. The molecule has 3 aromatic rings. The van der Waals surface area contributed by atoms with Crippen LogP contribution in [0.4, 0.5) is 10.1 Å². The van der Waals surface area contributed by atoms with Gasteiger partial charge in [-0.3, -0.25) is 9.36 Å². The van der Waals surface area contributed by atoms with Gasteiger partial charge in [0, 0.05) is 19.2 Å². The van der Waals surface area contributed by atoms with Crippen LogP contribution in [0.5, 0.6) is 0 Å². The van der Waals surface area contributed by atoms with Crippen molar-refractivity contribution in [2.45, 2.75) is 19.3 Å². The Kier molecular flexibility index (Phi) is 4.20. The zero-order valence-electron chi connectivity index (χ0n) is 13.4. The normalized spacial score (nSPS) is 12.3. The van der Waals surface area contributed by atoms with E-state index in [4.69, 9.17) is 4.42 Å². The first kappa shape index (κ1) is 16.0. The molecule has 1 aromatic heterocycles. The summed E-state index contributed by atoms with van der Waals surface area (Å²) in [5.74, 6) is -0.930. The van der Waals surface area contributed by atoms with Crippen LogP contribution >= 0.6 is 0 Å². The smallest absolute Gasteiger partial charge is 0.408 e. The van der Waals surface area contributed by atoms with Crippen LogP contribution in [0.25, 0.3) is 11.1 Å². The molecule has 0 radical (unpaired) electrons. The monoisotopic (exact) mass is 328 g/mol. The van der Waals surface area contributed by atoms with E-state index in [1.54, 1.807) is 37.4 Å². The average Bonchev–Trinajstić information content (AvgIpc) is 2.82. The highest BCUT2D eigenvalue weighted by Gasteiger charge is 2.13. The molecule has 24 heavy (non-hydrogen) atoms. The highest BCUT2D eigenvalue weighted by atomic mass is 19.1. The second kappa shape index (κ2) is 6.31. The topological polar surface area (TPSA) is 64.2 Å². The summed E-state index contributed by atoms with van der Waals surface area (Å²) in [6.45, 7) is 1.91. The molecule has 0 saturated heterocycles. The van der Waals surface area contributed by atoms with Crippen molar-refractivity contribution in [1.82, 2.24) is 4.57 Å². The van der Waals surface area contributed by atoms with E-state index < -0.39 is 5.76 Å². The molecule has 0 spiro atoms. The highest BCUT2D eigenvalue weighted by molar-refractivity contribution is 5.93. The van der Waals surface area contributed by atoms with Gasteiger partial charge in [0.25, 0.3) is 0 Å². The molecular weight excluding hydrogens is 311 g/mol. The van der Waals surface area contributed by atoms with Crippen molar-refractivity contribution in [1.29, 1.82) is 0 Å². The molecule has 0 aliphatic rings. The summed E-state index contributed by atoms with van der Waals surface area (Å²) >= 11 is 0. The predicted molar refractivity (Wildman–Crippen MR) is 89.5 cm³/mol. The molecule has 3 rings (SSSR count). The summed E-state index contributed by atoms with van der Waals surface area (Å²) in [4.78, 5) is 23.7. The number of oxazole rings is 1. The number of benzene rings is 2. The first-order valence-electron chi connectivity index (χ1n) is 7.59. The minimum absolute atomic E-state index is 0.0346. The minimum atomic E-state index is -0.446. The van der Waals surface area contributed by atoms with Gasteiger partial charge in [0.2, 0.25) is 5.91 Å². The second-order valence-corrected chi connectivity index (χ2v) is 5.81. The van der Waals surface area contributed by atoms with Crippen molar-refractivity contribution in [3.63, 3.8) is 0 Å². The van der Waals surface area contributed by atoms with Crippen LogP contribution in [-0.2, 0) is 11.8 Å². The maximum Gasteiger partial charge on any atom is 0.419 e. The Labute approximate surface area is 137 Å². The Morgan fingerprint density at radius 2 is 1.96 bits per heavy atom. The summed E-state index contributed by atoms with van der Waals surface area (Å²) in [6.07, 6.45) is 0.272. The number of hydrogen-bond acceptors (Lipinski definition) is 3. The highest BCUT2D eigenvalue weighted by Crippen LogP contribution is 2.22. The Morgan fingerprint density at radius 3 is 2.67 bits per heavy atom. The van der Waals surface area contributed by atoms with Crippen LogP contribution in [0.2, 0.25) is 0 Å². The third kappa shape index (κ3) is 3.22. The van der Waals surface area contributed by atoms with Gasteiger partial charge in [-0.25, -0.2) is 9.18 Å². The summed E-state index contributed by atoms with van der Waals surface area (Å²) in [5, 5.41) is 2.81. The van der Waals surface area contributed by atoms with Gasteiger partial charge in [0.1, 0.15) is 5.82 Å². The van der Waals surface area contributed by atoms with Gasteiger partial charge in [-0.1, -0.05) is 19.1 Å². The third-order valence-electron chi connectivity index (χ3n) is 4.01. The molecule has 0 bridgehead atoms. The van der Waals surface area contributed by atoms with Crippen molar-refractivity contribution in [3.8, 4) is 0 Å². The van der Waals surface area contributed by atoms with Crippen molar-refractivity contribution < 1.29 is 13.6 Å². The Bertz CT molecular complexity index is 941. The third-order valence-corrected chi connectivity index (χ3v) is 4.01. The van der Waals surface area contributed by atoms with E-state index in [-0.39, 0.29) is 24.1 Å². The molecule has 0 aliphatic carbocycles. The van der Waals surface area contributed by atoms with Crippen LogP contribution in [-0.4, -0.2) is 10.5 Å². The number of nitrogens with zero attached hydrogens (tertiary/aromatic N) is 1. The quantitative estimate of drug-likeness (QED) is 0.798. The molecule has 2 aromatic carbocycles. The first-order chi connectivity index (χ1) is 11.4. The molecular formula is C18H17FN2O3. The van der Waals surface area contributed by atoms with Gasteiger partial charge >= 0.3 is 5.76 Å². The Hall–Kier alpha value is -2.89. The van der Waals surface area contributed by atoms with Crippen molar-refractivity contribution in [2.75, 3.05) is 5.32 Å². The van der Waals surface area contributed by atoms with Crippen molar-refractivity contribution in [3.05, 3.63) is 64.4 Å². The molecule has 1 atom stereocenters. The van der Waals surface area contributed by atoms with Gasteiger partial charge in [-0.05, 0) is 41.8 Å². The molecule has 1 N–H and O–H groups in total. The van der Waals surface area contributed by atoms with Crippen LogP contribution in [0.3, 0.4) is 0 Å². The van der Waals surface area contributed by atoms with E-state index in [2.05, 4.69) is 5.32 Å². The Balaban J connectivity index is 1.71. The fourth-order valence-electron chi connectivity index (χ4n) is 2.60. The van der Waals surface area contributed by atoms with E-state index in [1.807, 2.05) is 6.92 Å². The van der Waals surface area contributed by atoms with E-state index in [0.29, 0.717) is 16.8 Å². The SMILES string of the molecule is CC(CC(=O)Nc1ccc2oc(=O)n(C)c2c1)c1ccc(F)cc1. The minimum Gasteiger partial charge on any atom is -0.408 e. The molecule has 1 heterocycles. The molecule has 5 nitrogen and oxygen atoms in total. The standard InChI is InChI=1S/C18H17FN2O3/c1-11(12-3-5-13(19)6-4-12)9-17(22)20-14-7-8-16-15(10-14)21(2)18(23)24-16/h3-8,10-11H,9H2,1-2H3,(H,20,22). The molecule has 0 fully saturated rings. The molecule has 1 amide bonds. The number of anilines is 1.